The van der Waals surface area contributed by atoms with E-state index in [9.17, 15) is 8.78 Å². The van der Waals surface area contributed by atoms with E-state index >= 15 is 0 Å². The van der Waals surface area contributed by atoms with Crippen molar-refractivity contribution in [3.63, 3.8) is 0 Å². The van der Waals surface area contributed by atoms with E-state index < -0.39 is 0 Å². The van der Waals surface area contributed by atoms with Crippen LogP contribution in [0.4, 0.5) is 8.78 Å². The fraction of sp³-hybridized carbons (Fsp3) is 0.0556. The first-order valence-corrected chi connectivity index (χ1v) is 6.62. The molecule has 0 aliphatic heterocycles. The van der Waals surface area contributed by atoms with Crippen molar-refractivity contribution in [1.29, 1.82) is 0 Å². The summed E-state index contributed by atoms with van der Waals surface area (Å²) in [4.78, 5) is 4.37. The van der Waals surface area contributed by atoms with Crippen molar-refractivity contribution in [1.82, 2.24) is 4.98 Å². The standard InChI is InChI=1S/C18H13F2N/c1-12-8-18(14-5-3-7-16(20)10-14)21-11-17(12)13-4-2-6-15(19)9-13/h2-11H,1H3. The summed E-state index contributed by atoms with van der Waals surface area (Å²) in [5.41, 5.74) is 4.05. The Balaban J connectivity index is 2.04. The third kappa shape index (κ3) is 2.82. The number of nitrogens with zero attached hydrogens (tertiary/aromatic N) is 1. The summed E-state index contributed by atoms with van der Waals surface area (Å²) in [5.74, 6) is -0.567. The zero-order chi connectivity index (χ0) is 14.8. The number of hydrogen-bond acceptors (Lipinski definition) is 1. The summed E-state index contributed by atoms with van der Waals surface area (Å²) in [6, 6.07) is 14.6. The fourth-order valence-corrected chi connectivity index (χ4v) is 2.32. The van der Waals surface area contributed by atoms with E-state index in [1.54, 1.807) is 18.3 Å². The minimum Gasteiger partial charge on any atom is -0.256 e. The molecule has 0 N–H and O–H groups in total. The van der Waals surface area contributed by atoms with Crippen molar-refractivity contribution >= 4 is 0 Å². The first-order chi connectivity index (χ1) is 10.1. The molecular formula is C18H13F2N. The van der Waals surface area contributed by atoms with Gasteiger partial charge in [0.1, 0.15) is 11.6 Å². The predicted octanol–water partition coefficient (Wildman–Crippen LogP) is 5.00. The number of aromatic nitrogens is 1. The second-order valence-corrected chi connectivity index (χ2v) is 4.91. The van der Waals surface area contributed by atoms with Gasteiger partial charge in [0.05, 0.1) is 5.69 Å². The molecule has 21 heavy (non-hydrogen) atoms. The van der Waals surface area contributed by atoms with Gasteiger partial charge in [0.2, 0.25) is 0 Å². The highest BCUT2D eigenvalue weighted by molar-refractivity contribution is 5.70. The van der Waals surface area contributed by atoms with Crippen LogP contribution in [0.5, 0.6) is 0 Å². The molecule has 2 aromatic carbocycles. The monoisotopic (exact) mass is 281 g/mol. The largest absolute Gasteiger partial charge is 0.256 e. The normalized spacial score (nSPS) is 10.6. The lowest BCUT2D eigenvalue weighted by Crippen LogP contribution is -1.90. The first kappa shape index (κ1) is 13.4. The van der Waals surface area contributed by atoms with Crippen LogP contribution in [0.1, 0.15) is 5.56 Å². The molecule has 0 atom stereocenters. The van der Waals surface area contributed by atoms with Crippen LogP contribution in [0.3, 0.4) is 0 Å². The highest BCUT2D eigenvalue weighted by atomic mass is 19.1. The number of aryl methyl sites for hydroxylation is 1. The highest BCUT2D eigenvalue weighted by Gasteiger charge is 2.07. The van der Waals surface area contributed by atoms with Crippen molar-refractivity contribution in [2.24, 2.45) is 0 Å². The Kier molecular flexibility index (Phi) is 3.48. The number of halogens is 2. The van der Waals surface area contributed by atoms with Crippen LogP contribution in [-0.4, -0.2) is 4.98 Å². The highest BCUT2D eigenvalue weighted by Crippen LogP contribution is 2.27. The summed E-state index contributed by atoms with van der Waals surface area (Å²) in [6.45, 7) is 1.94. The minimum atomic E-state index is -0.291. The zero-order valence-electron chi connectivity index (χ0n) is 11.5. The molecule has 0 saturated heterocycles. The molecule has 0 bridgehead atoms. The molecule has 1 aromatic heterocycles. The van der Waals surface area contributed by atoms with Crippen LogP contribution in [0.25, 0.3) is 22.4 Å². The van der Waals surface area contributed by atoms with Crippen LogP contribution >= 0.6 is 0 Å². The van der Waals surface area contributed by atoms with Crippen LogP contribution in [0.15, 0.2) is 60.8 Å². The molecule has 0 fully saturated rings. The van der Waals surface area contributed by atoms with E-state index in [1.165, 1.54) is 24.3 Å². The molecule has 0 radical (unpaired) electrons. The lowest BCUT2D eigenvalue weighted by atomic mass is 10.0. The van der Waals surface area contributed by atoms with Crippen LogP contribution in [0, 0.1) is 18.6 Å². The lowest BCUT2D eigenvalue weighted by Gasteiger charge is -2.08. The zero-order valence-corrected chi connectivity index (χ0v) is 11.5. The van der Waals surface area contributed by atoms with Gasteiger partial charge in [-0.2, -0.15) is 0 Å². The van der Waals surface area contributed by atoms with Crippen molar-refractivity contribution < 1.29 is 8.78 Å². The molecule has 0 aliphatic rings. The third-order valence-electron chi connectivity index (χ3n) is 3.37. The molecule has 1 heterocycles. The second-order valence-electron chi connectivity index (χ2n) is 4.91. The summed E-state index contributed by atoms with van der Waals surface area (Å²) < 4.78 is 26.6. The number of rotatable bonds is 2. The smallest absolute Gasteiger partial charge is 0.123 e. The maximum Gasteiger partial charge on any atom is 0.123 e. The molecule has 3 heteroatoms. The van der Waals surface area contributed by atoms with Crippen LogP contribution in [0.2, 0.25) is 0 Å². The molecule has 0 saturated carbocycles. The van der Waals surface area contributed by atoms with Crippen LogP contribution in [-0.2, 0) is 0 Å². The maximum absolute atomic E-state index is 13.3. The Morgan fingerprint density at radius 3 is 2.05 bits per heavy atom. The number of hydrogen-bond donors (Lipinski definition) is 0. The van der Waals surface area contributed by atoms with Gasteiger partial charge in [0.25, 0.3) is 0 Å². The quantitative estimate of drug-likeness (QED) is 0.644. The van der Waals surface area contributed by atoms with Gasteiger partial charge in [0.15, 0.2) is 0 Å². The maximum atomic E-state index is 13.3. The van der Waals surface area contributed by atoms with E-state index in [1.807, 2.05) is 25.1 Å². The van der Waals surface area contributed by atoms with Gasteiger partial charge < -0.3 is 0 Å². The molecule has 3 aromatic rings. The topological polar surface area (TPSA) is 12.9 Å². The summed E-state index contributed by atoms with van der Waals surface area (Å²) in [5, 5.41) is 0. The Bertz CT molecular complexity index is 797. The van der Waals surface area contributed by atoms with Gasteiger partial charge in [-0.05, 0) is 48.4 Å². The van der Waals surface area contributed by atoms with Gasteiger partial charge >= 0.3 is 0 Å². The minimum absolute atomic E-state index is 0.277. The summed E-state index contributed by atoms with van der Waals surface area (Å²) in [7, 11) is 0. The van der Waals surface area contributed by atoms with E-state index in [-0.39, 0.29) is 11.6 Å². The van der Waals surface area contributed by atoms with Crippen molar-refractivity contribution in [3.8, 4) is 22.4 Å². The van der Waals surface area contributed by atoms with Crippen molar-refractivity contribution in [3.05, 3.63) is 78.0 Å². The van der Waals surface area contributed by atoms with E-state index in [0.717, 1.165) is 22.3 Å². The molecule has 0 spiro atoms. The Labute approximate surface area is 121 Å². The van der Waals surface area contributed by atoms with Gasteiger partial charge in [0, 0.05) is 17.3 Å². The molecule has 0 amide bonds. The molecular weight excluding hydrogens is 268 g/mol. The van der Waals surface area contributed by atoms with Crippen LogP contribution < -0.4 is 0 Å². The third-order valence-corrected chi connectivity index (χ3v) is 3.37. The Morgan fingerprint density at radius 2 is 1.43 bits per heavy atom. The molecule has 104 valence electrons. The predicted molar refractivity (Wildman–Crippen MR) is 79.8 cm³/mol. The van der Waals surface area contributed by atoms with E-state index in [0.29, 0.717) is 5.69 Å². The number of benzene rings is 2. The SMILES string of the molecule is Cc1cc(-c2cccc(F)c2)ncc1-c1cccc(F)c1. The summed E-state index contributed by atoms with van der Waals surface area (Å²) in [6.07, 6.45) is 1.70. The lowest BCUT2D eigenvalue weighted by molar-refractivity contribution is 0.628. The summed E-state index contributed by atoms with van der Waals surface area (Å²) >= 11 is 0. The van der Waals surface area contributed by atoms with Gasteiger partial charge in [-0.15, -0.1) is 0 Å². The Hall–Kier alpha value is -2.55. The first-order valence-electron chi connectivity index (χ1n) is 6.62. The number of pyridine rings is 1. The molecule has 0 unspecified atom stereocenters. The van der Waals surface area contributed by atoms with E-state index in [2.05, 4.69) is 4.98 Å². The average molecular weight is 281 g/mol. The molecule has 3 rings (SSSR count). The average Bonchev–Trinajstić information content (AvgIpc) is 2.47. The molecule has 1 nitrogen and oxygen atoms in total. The van der Waals surface area contributed by atoms with Gasteiger partial charge in [-0.25, -0.2) is 8.78 Å². The van der Waals surface area contributed by atoms with Gasteiger partial charge in [-0.3, -0.25) is 4.98 Å². The van der Waals surface area contributed by atoms with Crippen molar-refractivity contribution in [2.75, 3.05) is 0 Å². The van der Waals surface area contributed by atoms with Crippen molar-refractivity contribution in [2.45, 2.75) is 6.92 Å². The van der Waals surface area contributed by atoms with Gasteiger partial charge in [-0.1, -0.05) is 24.3 Å². The molecule has 0 aliphatic carbocycles. The second kappa shape index (κ2) is 5.44. The van der Waals surface area contributed by atoms with E-state index in [4.69, 9.17) is 0 Å². The Morgan fingerprint density at radius 1 is 0.810 bits per heavy atom. The fourth-order valence-electron chi connectivity index (χ4n) is 2.32.